The fourth-order valence-corrected chi connectivity index (χ4v) is 16.7. The lowest BCUT2D eigenvalue weighted by Crippen LogP contribution is -2.42. The number of amides is 4. The number of halogens is 7. The standard InChI is InChI=1S/C25H20Cl2N2O3.C21H21BrN2O3.C21H17Cl2N3O2.C20H18Cl2N2O2/c1-31-18-7-2-15(3-8-18)24-23-20(21-14-17(27)6-11-22(21)28-23)12-13-29(24)25(30)32-19-9-4-16(26)5-10-19;1-3-27-21(25)24-11-10-16-17-12-14(22)6-9-18(17)23-19(16)20(24)13-4-7-15(26-2)8-5-13;22-8-10-28-21(27)26-9-7-16-17-11-15(23)5-6-18(17)25-19(16)20(26)14-3-1-13(12-24)2-4-14;1-2-26-20(25)24-10-9-15-16-11-14(22)7-8-17(16)23-18(15)19(24)12-3-5-13(21)6-4-12/h2-11,14,24,28H,12-13H2,1H3;4-9,12,20,23H,3,10-11H2,1-2H3;1-6,11,20,25H,7-10H2;3-8,11,19,23H,2,9-10H2,1H3. The summed E-state index contributed by atoms with van der Waals surface area (Å²) in [5.74, 6) is 2.24. The number of aromatic nitrogens is 4. The normalized spacial score (nSPS) is 16.0. The van der Waals surface area contributed by atoms with E-state index in [1.54, 1.807) is 70.2 Å². The van der Waals surface area contributed by atoms with Gasteiger partial charge in [-0.05, 0) is 230 Å². The molecule has 0 saturated carbocycles. The molecule has 26 heteroatoms. The van der Waals surface area contributed by atoms with Crippen molar-refractivity contribution in [2.45, 2.75) is 63.7 Å². The maximum atomic E-state index is 13.2. The Morgan fingerprint density at radius 1 is 0.407 bits per heavy atom. The van der Waals surface area contributed by atoms with E-state index in [0.717, 1.165) is 118 Å². The summed E-state index contributed by atoms with van der Waals surface area (Å²) >= 11 is 39.9. The first kappa shape index (κ1) is 79.2. The third-order valence-electron chi connectivity index (χ3n) is 20.6. The molecule has 0 aliphatic carbocycles. The van der Waals surface area contributed by atoms with E-state index in [1.807, 2.05) is 159 Å². The van der Waals surface area contributed by atoms with Gasteiger partial charge in [-0.15, -0.1) is 11.6 Å². The van der Waals surface area contributed by atoms with Crippen LogP contribution < -0.4 is 14.2 Å². The van der Waals surface area contributed by atoms with Crippen LogP contribution in [-0.4, -0.2) is 130 Å². The highest BCUT2D eigenvalue weighted by Crippen LogP contribution is 2.45. The fourth-order valence-electron chi connectivity index (χ4n) is 15.5. The molecule has 113 heavy (non-hydrogen) atoms. The number of ether oxygens (including phenoxy) is 6. The summed E-state index contributed by atoms with van der Waals surface area (Å²) in [5.41, 5.74) is 17.2. The molecule has 19 nitrogen and oxygen atoms in total. The summed E-state index contributed by atoms with van der Waals surface area (Å²) in [5, 5.41) is 16.8. The molecule has 0 fully saturated rings. The first-order chi connectivity index (χ1) is 54.8. The number of nitrogens with one attached hydrogen (secondary N) is 4. The quantitative estimate of drug-likeness (QED) is 0.0704. The molecule has 4 aliphatic rings. The highest BCUT2D eigenvalue weighted by atomic mass is 79.9. The summed E-state index contributed by atoms with van der Waals surface area (Å²) < 4.78 is 33.2. The van der Waals surface area contributed by atoms with Crippen LogP contribution in [0.3, 0.4) is 0 Å². The number of rotatable bonds is 11. The molecule has 8 heterocycles. The van der Waals surface area contributed by atoms with Crippen molar-refractivity contribution in [1.82, 2.24) is 39.5 Å². The molecule has 4 aliphatic heterocycles. The van der Waals surface area contributed by atoms with Gasteiger partial charge in [-0.25, -0.2) is 19.2 Å². The molecule has 0 spiro atoms. The number of nitriles is 1. The number of aromatic amines is 4. The van der Waals surface area contributed by atoms with Crippen LogP contribution in [-0.2, 0) is 39.9 Å². The molecular formula is C87H76BrCl6N9O10. The van der Waals surface area contributed by atoms with Crippen LogP contribution in [0.1, 0.15) is 111 Å². The van der Waals surface area contributed by atoms with Crippen LogP contribution in [0.2, 0.25) is 25.1 Å². The van der Waals surface area contributed by atoms with Gasteiger partial charge in [0, 0.05) is 122 Å². The summed E-state index contributed by atoms with van der Waals surface area (Å²) in [6.45, 7) is 6.72. The van der Waals surface area contributed by atoms with E-state index in [9.17, 15) is 19.2 Å². The van der Waals surface area contributed by atoms with Crippen molar-refractivity contribution < 1.29 is 47.6 Å². The maximum absolute atomic E-state index is 13.2. The van der Waals surface area contributed by atoms with Crippen molar-refractivity contribution in [3.05, 3.63) is 297 Å². The van der Waals surface area contributed by atoms with E-state index < -0.39 is 12.2 Å². The number of nitrogens with zero attached hydrogens (tertiary/aromatic N) is 5. The van der Waals surface area contributed by atoms with Crippen LogP contribution in [0.15, 0.2) is 199 Å². The highest BCUT2D eigenvalue weighted by Gasteiger charge is 2.40. The van der Waals surface area contributed by atoms with E-state index in [4.69, 9.17) is 103 Å². The van der Waals surface area contributed by atoms with Crippen LogP contribution in [0.25, 0.3) is 43.6 Å². The monoisotopic (exact) mass is 1700 g/mol. The summed E-state index contributed by atoms with van der Waals surface area (Å²) in [4.78, 5) is 72.2. The Morgan fingerprint density at radius 2 is 0.708 bits per heavy atom. The van der Waals surface area contributed by atoms with Crippen molar-refractivity contribution in [2.24, 2.45) is 0 Å². The first-order valence-corrected chi connectivity index (χ1v) is 39.9. The van der Waals surface area contributed by atoms with Crippen molar-refractivity contribution in [2.75, 3.05) is 66.1 Å². The minimum atomic E-state index is -0.421. The Labute approximate surface area is 690 Å². The number of carbonyl (C=O) groups excluding carboxylic acids is 4. The van der Waals surface area contributed by atoms with Crippen molar-refractivity contribution >= 4 is 154 Å². The van der Waals surface area contributed by atoms with Gasteiger partial charge in [-0.2, -0.15) is 5.26 Å². The van der Waals surface area contributed by atoms with Gasteiger partial charge in [0.25, 0.3) is 0 Å². The maximum Gasteiger partial charge on any atom is 0.416 e. The van der Waals surface area contributed by atoms with Crippen molar-refractivity contribution in [3.63, 3.8) is 0 Å². The third kappa shape index (κ3) is 17.0. The van der Waals surface area contributed by atoms with E-state index in [-0.39, 0.29) is 48.8 Å². The molecule has 4 atom stereocenters. The lowest BCUT2D eigenvalue weighted by Gasteiger charge is -2.35. The van der Waals surface area contributed by atoms with Gasteiger partial charge >= 0.3 is 24.4 Å². The molecule has 0 radical (unpaired) electrons. The van der Waals surface area contributed by atoms with E-state index >= 15 is 0 Å². The molecule has 4 amide bonds. The lowest BCUT2D eigenvalue weighted by molar-refractivity contribution is 0.0925. The third-order valence-corrected chi connectivity index (χ3v) is 22.4. The number of benzene rings is 9. The number of hydrogen-bond acceptors (Lipinski definition) is 11. The van der Waals surface area contributed by atoms with Crippen LogP contribution in [0, 0.1) is 11.3 Å². The molecular weight excluding hydrogens is 1620 g/mol. The van der Waals surface area contributed by atoms with Crippen LogP contribution >= 0.6 is 85.5 Å². The topological polar surface area (TPSA) is 224 Å². The first-order valence-electron chi connectivity index (χ1n) is 36.7. The van der Waals surface area contributed by atoms with E-state index in [1.165, 1.54) is 22.1 Å². The molecule has 578 valence electrons. The largest absolute Gasteiger partial charge is 0.497 e. The van der Waals surface area contributed by atoms with Crippen LogP contribution in [0.5, 0.6) is 17.2 Å². The number of methoxy groups -OCH3 is 2. The van der Waals surface area contributed by atoms with E-state index in [2.05, 4.69) is 54.1 Å². The van der Waals surface area contributed by atoms with Gasteiger partial charge in [0.15, 0.2) is 0 Å². The Kier molecular flexibility index (Phi) is 24.7. The average molecular weight is 1700 g/mol. The second-order valence-corrected chi connectivity index (χ2v) is 30.5. The number of fused-ring (bicyclic) bond motifs is 12. The number of alkyl halides is 1. The predicted octanol–water partition coefficient (Wildman–Crippen LogP) is 22.3. The Hall–Kier alpha value is -10.5. The fraction of sp³-hybridized carbons (Fsp3) is 0.230. The average Bonchev–Trinajstić information content (AvgIpc) is 1.64. The van der Waals surface area contributed by atoms with E-state index in [0.29, 0.717) is 88.7 Å². The van der Waals surface area contributed by atoms with Crippen LogP contribution in [0.4, 0.5) is 19.2 Å². The van der Waals surface area contributed by atoms with Gasteiger partial charge < -0.3 is 48.4 Å². The number of hydrogen-bond donors (Lipinski definition) is 4. The molecule has 4 aromatic heterocycles. The summed E-state index contributed by atoms with van der Waals surface area (Å²) in [7, 11) is 3.28. The Balaban J connectivity index is 0.000000125. The molecule has 17 rings (SSSR count). The Bertz CT molecular complexity index is 5690. The summed E-state index contributed by atoms with van der Waals surface area (Å²) in [6, 6.07) is 61.8. The van der Waals surface area contributed by atoms with Gasteiger partial charge in [-0.3, -0.25) is 19.6 Å². The molecule has 9 aromatic carbocycles. The Morgan fingerprint density at radius 3 is 1.05 bits per heavy atom. The van der Waals surface area contributed by atoms with Gasteiger partial charge in [0.2, 0.25) is 0 Å². The molecule has 13 aromatic rings. The summed E-state index contributed by atoms with van der Waals surface area (Å²) in [6.07, 6.45) is 1.50. The van der Waals surface area contributed by atoms with Gasteiger partial charge in [0.1, 0.15) is 48.0 Å². The van der Waals surface area contributed by atoms with Crippen molar-refractivity contribution in [1.29, 1.82) is 5.26 Å². The highest BCUT2D eigenvalue weighted by molar-refractivity contribution is 9.10. The molecule has 0 bridgehead atoms. The second-order valence-electron chi connectivity index (χ2n) is 27.1. The zero-order chi connectivity index (χ0) is 79.1. The smallest absolute Gasteiger partial charge is 0.416 e. The zero-order valence-corrected chi connectivity index (χ0v) is 67.9. The number of H-pyrrole nitrogens is 4. The van der Waals surface area contributed by atoms with Gasteiger partial charge in [-0.1, -0.05) is 122 Å². The minimum Gasteiger partial charge on any atom is -0.497 e. The minimum absolute atomic E-state index is 0.159. The van der Waals surface area contributed by atoms with Gasteiger partial charge in [0.05, 0.1) is 44.9 Å². The zero-order valence-electron chi connectivity index (χ0n) is 61.7. The van der Waals surface area contributed by atoms with Crippen molar-refractivity contribution in [3.8, 4) is 23.3 Å². The molecule has 0 saturated heterocycles. The number of carbonyl (C=O) groups is 4. The SMILES string of the molecule is CCOC(=O)N1CCc2c([nH]c3ccc(Br)cc23)C1c1ccc(OC)cc1.CCOC(=O)N1CCc2c([nH]c3ccc(Cl)cc23)C1c1ccc(Cl)cc1.COc1ccc(C2c3[nH]c4ccc(Cl)cc4c3CCN2C(=O)Oc2ccc(Cl)cc2)cc1.N#Cc1ccc(C2c3[nH]c4ccc(Cl)cc4c3CCN2C(=O)OCCCl)cc1. The lowest BCUT2D eigenvalue weighted by atomic mass is 9.92. The predicted molar refractivity (Wildman–Crippen MR) is 447 cm³/mol. The second kappa shape index (κ2) is 35.3. The molecule has 4 N–H and O–H groups in total. The molecule has 4 unspecified atom stereocenters.